The van der Waals surface area contributed by atoms with Gasteiger partial charge in [0.15, 0.2) is 5.82 Å². The van der Waals surface area contributed by atoms with Crippen molar-refractivity contribution in [3.8, 4) is 0 Å². The minimum Gasteiger partial charge on any atom is -0.395 e. The summed E-state index contributed by atoms with van der Waals surface area (Å²) in [4.78, 5) is 5.55. The summed E-state index contributed by atoms with van der Waals surface area (Å²) in [7, 11) is -4.18. The second kappa shape index (κ2) is 4.99. The summed E-state index contributed by atoms with van der Waals surface area (Å²) >= 11 is 8.73. The Morgan fingerprint density at radius 1 is 1.53 bits per heavy atom. The van der Waals surface area contributed by atoms with E-state index in [0.717, 1.165) is 6.07 Å². The van der Waals surface area contributed by atoms with Crippen LogP contribution in [0.15, 0.2) is 27.8 Å². The van der Waals surface area contributed by atoms with Gasteiger partial charge < -0.3 is 10.7 Å². The van der Waals surface area contributed by atoms with Crippen LogP contribution in [-0.2, 0) is 10.0 Å². The van der Waals surface area contributed by atoms with Gasteiger partial charge in [-0.25, -0.2) is 22.5 Å². The van der Waals surface area contributed by atoms with Crippen molar-refractivity contribution in [2.75, 3.05) is 10.5 Å². The molecule has 1 heterocycles. The van der Waals surface area contributed by atoms with Crippen LogP contribution in [0, 0.1) is 5.82 Å². The maximum atomic E-state index is 13.9. The maximum absolute atomic E-state index is 13.9. The number of nitrogens with one attached hydrogen (secondary N) is 2. The average Bonchev–Trinajstić information content (AvgIpc) is 2.83. The van der Waals surface area contributed by atoms with Crippen molar-refractivity contribution in [3.63, 3.8) is 0 Å². The van der Waals surface area contributed by atoms with Crippen LogP contribution in [0.2, 0.25) is 5.02 Å². The van der Waals surface area contributed by atoms with Gasteiger partial charge in [0, 0.05) is 12.4 Å². The molecule has 0 aliphatic carbocycles. The number of rotatable bonds is 3. The molecule has 0 unspecified atom stereocenters. The van der Waals surface area contributed by atoms with Gasteiger partial charge in [0.05, 0.1) is 15.2 Å². The third-order valence-electron chi connectivity index (χ3n) is 2.18. The highest BCUT2D eigenvalue weighted by Gasteiger charge is 2.24. The number of nitrogen functional groups attached to an aromatic ring is 1. The normalized spacial score (nSPS) is 11.5. The smallest absolute Gasteiger partial charge is 0.267 e. The minimum absolute atomic E-state index is 0.0151. The van der Waals surface area contributed by atoms with Crippen molar-refractivity contribution in [3.05, 3.63) is 33.8 Å². The number of hydrogen-bond donors (Lipinski definition) is 3. The summed E-state index contributed by atoms with van der Waals surface area (Å²) in [5.74, 6) is -1.13. The molecule has 0 aliphatic rings. The Labute approximate surface area is 121 Å². The standard InChI is InChI=1S/C9H7BrClFN4O2S/c10-6-4(11)3-5(7(12)8(6)13)19(17,18)16-9-14-1-2-15-9/h1-3H,13H2,(H2,14,15,16). The summed E-state index contributed by atoms with van der Waals surface area (Å²) in [5.41, 5.74) is 5.05. The lowest BCUT2D eigenvalue weighted by Gasteiger charge is -2.10. The van der Waals surface area contributed by atoms with E-state index in [-0.39, 0.29) is 21.1 Å². The number of halogens is 3. The lowest BCUT2D eigenvalue weighted by molar-refractivity contribution is 0.572. The number of sulfonamides is 1. The predicted octanol–water partition coefficient (Wildman–Crippen LogP) is 2.35. The van der Waals surface area contributed by atoms with E-state index in [1.807, 2.05) is 0 Å². The van der Waals surface area contributed by atoms with E-state index in [2.05, 4.69) is 30.6 Å². The molecule has 1 aromatic heterocycles. The molecular formula is C9H7BrClFN4O2S. The van der Waals surface area contributed by atoms with Crippen LogP contribution < -0.4 is 10.5 Å². The lowest BCUT2D eigenvalue weighted by Crippen LogP contribution is -2.16. The number of imidazole rings is 1. The monoisotopic (exact) mass is 368 g/mol. The van der Waals surface area contributed by atoms with Crippen molar-refractivity contribution in [2.24, 2.45) is 0 Å². The first-order valence-corrected chi connectivity index (χ1v) is 7.43. The highest BCUT2D eigenvalue weighted by molar-refractivity contribution is 9.10. The number of aromatic amines is 1. The van der Waals surface area contributed by atoms with Crippen LogP contribution in [0.3, 0.4) is 0 Å². The van der Waals surface area contributed by atoms with E-state index < -0.39 is 20.7 Å². The highest BCUT2D eigenvalue weighted by Crippen LogP contribution is 2.35. The minimum atomic E-state index is -4.18. The number of hydrogen-bond acceptors (Lipinski definition) is 4. The van der Waals surface area contributed by atoms with Gasteiger partial charge in [0.25, 0.3) is 10.0 Å². The summed E-state index contributed by atoms with van der Waals surface area (Å²) < 4.78 is 40.1. The summed E-state index contributed by atoms with van der Waals surface area (Å²) in [6.07, 6.45) is 2.76. The average molecular weight is 370 g/mol. The first-order valence-electron chi connectivity index (χ1n) is 4.78. The fourth-order valence-corrected chi connectivity index (χ4v) is 2.96. The molecule has 19 heavy (non-hydrogen) atoms. The molecule has 2 rings (SSSR count). The summed E-state index contributed by atoms with van der Waals surface area (Å²) in [6.45, 7) is 0. The number of anilines is 2. The van der Waals surface area contributed by atoms with Gasteiger partial charge in [0.1, 0.15) is 4.90 Å². The molecule has 0 atom stereocenters. The number of benzene rings is 1. The quantitative estimate of drug-likeness (QED) is 0.571. The predicted molar refractivity (Wildman–Crippen MR) is 72.9 cm³/mol. The van der Waals surface area contributed by atoms with Crippen LogP contribution >= 0.6 is 27.5 Å². The Hall–Kier alpha value is -1.32. The fourth-order valence-electron chi connectivity index (χ4n) is 1.30. The second-order valence-electron chi connectivity index (χ2n) is 3.44. The maximum Gasteiger partial charge on any atom is 0.267 e. The van der Waals surface area contributed by atoms with Crippen LogP contribution in [0.25, 0.3) is 0 Å². The van der Waals surface area contributed by atoms with Gasteiger partial charge in [-0.1, -0.05) is 11.6 Å². The first-order chi connectivity index (χ1) is 8.83. The lowest BCUT2D eigenvalue weighted by atomic mass is 10.3. The molecule has 0 saturated carbocycles. The van der Waals surface area contributed by atoms with Crippen LogP contribution in [-0.4, -0.2) is 18.4 Å². The Bertz CT molecular complexity index is 720. The molecule has 1 aromatic carbocycles. The van der Waals surface area contributed by atoms with Crippen LogP contribution in [0.4, 0.5) is 16.0 Å². The van der Waals surface area contributed by atoms with Crippen LogP contribution in [0.1, 0.15) is 0 Å². The SMILES string of the molecule is Nc1c(F)c(S(=O)(=O)Nc2ncc[nH]2)cc(Cl)c1Br. The molecule has 0 saturated heterocycles. The number of nitrogens with zero attached hydrogens (tertiary/aromatic N) is 1. The number of H-pyrrole nitrogens is 1. The number of aromatic nitrogens is 2. The van der Waals surface area contributed by atoms with Crippen molar-refractivity contribution >= 4 is 49.2 Å². The molecule has 0 bridgehead atoms. The zero-order chi connectivity index (χ0) is 14.2. The Balaban J connectivity index is 2.52. The molecule has 6 nitrogen and oxygen atoms in total. The van der Waals surface area contributed by atoms with Gasteiger partial charge in [-0.05, 0) is 22.0 Å². The largest absolute Gasteiger partial charge is 0.395 e. The zero-order valence-electron chi connectivity index (χ0n) is 9.12. The molecule has 0 aliphatic heterocycles. The van der Waals surface area contributed by atoms with E-state index in [4.69, 9.17) is 17.3 Å². The zero-order valence-corrected chi connectivity index (χ0v) is 12.3. The summed E-state index contributed by atoms with van der Waals surface area (Å²) in [6, 6.07) is 0.961. The van der Waals surface area contributed by atoms with Gasteiger partial charge in [0.2, 0.25) is 5.95 Å². The Morgan fingerprint density at radius 3 is 2.79 bits per heavy atom. The van der Waals surface area contributed by atoms with Gasteiger partial charge >= 0.3 is 0 Å². The second-order valence-corrected chi connectivity index (χ2v) is 6.29. The molecular weight excluding hydrogens is 363 g/mol. The van der Waals surface area contributed by atoms with Crippen LogP contribution in [0.5, 0.6) is 0 Å². The van der Waals surface area contributed by atoms with E-state index in [1.165, 1.54) is 12.4 Å². The van der Waals surface area contributed by atoms with Gasteiger partial charge in [-0.3, -0.25) is 0 Å². The van der Waals surface area contributed by atoms with Gasteiger partial charge in [-0.15, -0.1) is 0 Å². The third-order valence-corrected chi connectivity index (χ3v) is 4.89. The molecule has 2 aromatic rings. The Morgan fingerprint density at radius 2 is 2.21 bits per heavy atom. The van der Waals surface area contributed by atoms with Crippen molar-refractivity contribution in [1.82, 2.24) is 9.97 Å². The van der Waals surface area contributed by atoms with Gasteiger partial charge in [-0.2, -0.15) is 0 Å². The van der Waals surface area contributed by atoms with E-state index >= 15 is 0 Å². The molecule has 0 amide bonds. The molecule has 10 heteroatoms. The van der Waals surface area contributed by atoms with E-state index in [0.29, 0.717) is 0 Å². The highest BCUT2D eigenvalue weighted by atomic mass is 79.9. The molecule has 0 radical (unpaired) electrons. The molecule has 4 N–H and O–H groups in total. The molecule has 0 spiro atoms. The molecule has 0 fully saturated rings. The topological polar surface area (TPSA) is 101 Å². The Kier molecular flexibility index (Phi) is 3.70. The van der Waals surface area contributed by atoms with Crippen molar-refractivity contribution in [1.29, 1.82) is 0 Å². The third kappa shape index (κ3) is 2.67. The van der Waals surface area contributed by atoms with E-state index in [9.17, 15) is 12.8 Å². The summed E-state index contributed by atoms with van der Waals surface area (Å²) in [5, 5.41) is -0.0151. The molecule has 102 valence electrons. The van der Waals surface area contributed by atoms with Crippen molar-refractivity contribution in [2.45, 2.75) is 4.90 Å². The van der Waals surface area contributed by atoms with E-state index in [1.54, 1.807) is 0 Å². The fraction of sp³-hybridized carbons (Fsp3) is 0. The van der Waals surface area contributed by atoms with Crippen molar-refractivity contribution < 1.29 is 12.8 Å². The first kappa shape index (κ1) is 14.1. The number of nitrogens with two attached hydrogens (primary N) is 1.